The van der Waals surface area contributed by atoms with E-state index in [1.54, 1.807) is 0 Å². The molecule has 0 atom stereocenters. The first-order chi connectivity index (χ1) is 4.50. The highest BCUT2D eigenvalue weighted by Crippen LogP contribution is 1.64. The summed E-state index contributed by atoms with van der Waals surface area (Å²) in [6.07, 6.45) is -0.0394. The zero-order valence-electron chi connectivity index (χ0n) is 5.40. The van der Waals surface area contributed by atoms with Crippen LogP contribution in [0.1, 0.15) is 13.3 Å². The van der Waals surface area contributed by atoms with Gasteiger partial charge in [-0.3, -0.25) is 9.59 Å². The molecular weight excluding hydrogens is 140 g/mol. The second kappa shape index (κ2) is 7.61. The predicted octanol–water partition coefficient (Wildman–Crippen LogP) is -0.249. The van der Waals surface area contributed by atoms with E-state index in [0.717, 1.165) is 6.92 Å². The van der Waals surface area contributed by atoms with Crippen LogP contribution in [0.3, 0.4) is 0 Å². The van der Waals surface area contributed by atoms with Crippen molar-refractivity contribution in [2.75, 3.05) is 0 Å². The van der Waals surface area contributed by atoms with Crippen molar-refractivity contribution < 1.29 is 24.6 Å². The Hall–Kier alpha value is -1.39. The Balaban J connectivity index is 0. The van der Waals surface area contributed by atoms with Gasteiger partial charge in [0.05, 0.1) is 0 Å². The second-order valence-electron chi connectivity index (χ2n) is 1.28. The molecule has 0 saturated heterocycles. The standard InChI is InChI=1S/C3H4O3.C2H4O2/c4-2-1-3(5)6;1-2(3)4/h2H,1H2,(H,5,6);1H3,(H,3,4). The molecular formula is C5H8O5. The van der Waals surface area contributed by atoms with E-state index >= 15 is 0 Å². The Labute approximate surface area is 57.3 Å². The highest BCUT2D eigenvalue weighted by molar-refractivity contribution is 5.81. The fourth-order valence-corrected chi connectivity index (χ4v) is 0.0713. The SMILES string of the molecule is CC(=O)O.O=CCC(=O)O. The first kappa shape index (κ1) is 11.4. The molecule has 5 nitrogen and oxygen atoms in total. The summed E-state index contributed by atoms with van der Waals surface area (Å²) in [5.74, 6) is -1.91. The van der Waals surface area contributed by atoms with Crippen molar-refractivity contribution in [2.45, 2.75) is 13.3 Å². The second-order valence-corrected chi connectivity index (χ2v) is 1.28. The molecule has 0 aliphatic rings. The van der Waals surface area contributed by atoms with Gasteiger partial charge in [-0.1, -0.05) is 0 Å². The van der Waals surface area contributed by atoms with Crippen LogP contribution in [-0.2, 0) is 14.4 Å². The zero-order valence-corrected chi connectivity index (χ0v) is 5.40. The first-order valence-electron chi connectivity index (χ1n) is 2.35. The van der Waals surface area contributed by atoms with E-state index in [1.807, 2.05) is 0 Å². The van der Waals surface area contributed by atoms with E-state index in [2.05, 4.69) is 0 Å². The third-order valence-corrected chi connectivity index (χ3v) is 0.258. The van der Waals surface area contributed by atoms with Crippen LogP contribution in [0.2, 0.25) is 0 Å². The third-order valence-electron chi connectivity index (χ3n) is 0.258. The van der Waals surface area contributed by atoms with Crippen molar-refractivity contribution in [2.24, 2.45) is 0 Å². The van der Waals surface area contributed by atoms with Crippen LogP contribution in [0, 0.1) is 0 Å². The van der Waals surface area contributed by atoms with Crippen molar-refractivity contribution in [3.63, 3.8) is 0 Å². The molecule has 2 N–H and O–H groups in total. The van der Waals surface area contributed by atoms with Gasteiger partial charge < -0.3 is 15.0 Å². The van der Waals surface area contributed by atoms with Gasteiger partial charge in [-0.2, -0.15) is 0 Å². The topological polar surface area (TPSA) is 91.7 Å². The quantitative estimate of drug-likeness (QED) is 0.416. The Morgan fingerprint density at radius 2 is 1.70 bits per heavy atom. The number of hydrogen-bond donors (Lipinski definition) is 2. The first-order valence-corrected chi connectivity index (χ1v) is 2.35. The smallest absolute Gasteiger partial charge is 0.310 e. The molecule has 0 amide bonds. The van der Waals surface area contributed by atoms with Crippen LogP contribution in [0.15, 0.2) is 0 Å². The molecule has 0 unspecified atom stereocenters. The fraction of sp³-hybridized carbons (Fsp3) is 0.400. The number of hydrogen-bond acceptors (Lipinski definition) is 3. The molecule has 0 aromatic rings. The molecule has 0 bridgehead atoms. The number of aldehydes is 1. The Kier molecular flexibility index (Phi) is 8.68. The van der Waals surface area contributed by atoms with Gasteiger partial charge in [0.15, 0.2) is 0 Å². The molecule has 0 aromatic heterocycles. The van der Waals surface area contributed by atoms with Crippen molar-refractivity contribution in [3.8, 4) is 0 Å². The van der Waals surface area contributed by atoms with E-state index < -0.39 is 11.9 Å². The average molecular weight is 148 g/mol. The minimum Gasteiger partial charge on any atom is -0.481 e. The lowest BCUT2D eigenvalue weighted by Gasteiger charge is -1.71. The predicted molar refractivity (Wildman–Crippen MR) is 31.6 cm³/mol. The van der Waals surface area contributed by atoms with Crippen LogP contribution in [0.4, 0.5) is 0 Å². The van der Waals surface area contributed by atoms with E-state index in [-0.39, 0.29) is 6.42 Å². The molecule has 0 aliphatic carbocycles. The summed E-state index contributed by atoms with van der Waals surface area (Å²) in [5.41, 5.74) is 0. The van der Waals surface area contributed by atoms with Crippen molar-refractivity contribution in [3.05, 3.63) is 0 Å². The maximum absolute atomic E-state index is 9.37. The zero-order chi connectivity index (χ0) is 8.57. The highest BCUT2D eigenvalue weighted by atomic mass is 16.4. The fourth-order valence-electron chi connectivity index (χ4n) is 0.0713. The molecule has 0 fully saturated rings. The molecule has 0 heterocycles. The van der Waals surface area contributed by atoms with E-state index in [4.69, 9.17) is 15.0 Å². The van der Waals surface area contributed by atoms with Gasteiger partial charge in [0.2, 0.25) is 0 Å². The summed E-state index contributed by atoms with van der Waals surface area (Å²) in [6, 6.07) is 0. The van der Waals surface area contributed by atoms with E-state index in [1.165, 1.54) is 0 Å². The average Bonchev–Trinajstić information content (AvgIpc) is 1.62. The van der Waals surface area contributed by atoms with Gasteiger partial charge in [-0.05, 0) is 0 Å². The molecule has 10 heavy (non-hydrogen) atoms. The minimum absolute atomic E-state index is 0.350. The third kappa shape index (κ3) is 80.3. The van der Waals surface area contributed by atoms with Crippen molar-refractivity contribution in [1.82, 2.24) is 0 Å². The maximum atomic E-state index is 9.37. The summed E-state index contributed by atoms with van der Waals surface area (Å²) in [6.45, 7) is 1.08. The number of aliphatic carboxylic acids is 2. The maximum Gasteiger partial charge on any atom is 0.310 e. The van der Waals surface area contributed by atoms with Gasteiger partial charge in [0.25, 0.3) is 5.97 Å². The van der Waals surface area contributed by atoms with Gasteiger partial charge >= 0.3 is 5.97 Å². The molecule has 0 rings (SSSR count). The Bertz CT molecular complexity index is 124. The molecule has 5 heteroatoms. The number of rotatable bonds is 2. The number of carbonyl (C=O) groups is 3. The lowest BCUT2D eigenvalue weighted by molar-refractivity contribution is -0.138. The number of carboxylic acids is 2. The highest BCUT2D eigenvalue weighted by Gasteiger charge is 1.87. The molecule has 58 valence electrons. The Morgan fingerprint density at radius 1 is 1.40 bits per heavy atom. The van der Waals surface area contributed by atoms with Crippen molar-refractivity contribution in [1.29, 1.82) is 0 Å². The number of carbonyl (C=O) groups excluding carboxylic acids is 1. The summed E-state index contributed by atoms with van der Waals surface area (Å²) < 4.78 is 0. The summed E-state index contributed by atoms with van der Waals surface area (Å²) in [7, 11) is 0. The van der Waals surface area contributed by atoms with E-state index in [0.29, 0.717) is 6.29 Å². The Morgan fingerprint density at radius 3 is 1.70 bits per heavy atom. The van der Waals surface area contributed by atoms with Gasteiger partial charge in [-0.25, -0.2) is 0 Å². The van der Waals surface area contributed by atoms with Crippen LogP contribution in [-0.4, -0.2) is 28.4 Å². The largest absolute Gasteiger partial charge is 0.481 e. The molecule has 0 saturated carbocycles. The minimum atomic E-state index is -1.08. The van der Waals surface area contributed by atoms with Crippen LogP contribution in [0.5, 0.6) is 0 Å². The molecule has 0 aromatic carbocycles. The lowest BCUT2D eigenvalue weighted by Crippen LogP contribution is -1.92. The van der Waals surface area contributed by atoms with Gasteiger partial charge in [0, 0.05) is 6.92 Å². The van der Waals surface area contributed by atoms with Crippen molar-refractivity contribution >= 4 is 18.2 Å². The summed E-state index contributed by atoms with van der Waals surface area (Å²) >= 11 is 0. The van der Waals surface area contributed by atoms with E-state index in [9.17, 15) is 9.59 Å². The molecule has 0 spiro atoms. The lowest BCUT2D eigenvalue weighted by atomic mass is 10.5. The van der Waals surface area contributed by atoms with Crippen LogP contribution < -0.4 is 0 Å². The van der Waals surface area contributed by atoms with Crippen LogP contribution >= 0.6 is 0 Å². The van der Waals surface area contributed by atoms with Crippen LogP contribution in [0.25, 0.3) is 0 Å². The normalized spacial score (nSPS) is 6.90. The molecule has 0 aliphatic heterocycles. The van der Waals surface area contributed by atoms with Gasteiger partial charge in [0.1, 0.15) is 12.7 Å². The van der Waals surface area contributed by atoms with Gasteiger partial charge in [-0.15, -0.1) is 0 Å². The summed E-state index contributed by atoms with van der Waals surface area (Å²) in [4.78, 5) is 27.6. The monoisotopic (exact) mass is 148 g/mol. The summed E-state index contributed by atoms with van der Waals surface area (Å²) in [5, 5.41) is 15.1. The molecule has 0 radical (unpaired) electrons. The number of carboxylic acid groups (broad SMARTS) is 2.